The van der Waals surface area contributed by atoms with E-state index >= 15 is 0 Å². The molecule has 4 rings (SSSR count). The average Bonchev–Trinajstić information content (AvgIpc) is 3.36. The third-order valence-corrected chi connectivity index (χ3v) is 5.24. The van der Waals surface area contributed by atoms with Crippen LogP contribution in [0.5, 0.6) is 11.5 Å². The van der Waals surface area contributed by atoms with Crippen LogP contribution < -0.4 is 9.47 Å². The summed E-state index contributed by atoms with van der Waals surface area (Å²) in [5.74, 6) is 1.91. The van der Waals surface area contributed by atoms with E-state index in [1.165, 1.54) is 11.1 Å². The smallest absolute Gasteiger partial charge is 0.247 e. The average molecular weight is 363 g/mol. The van der Waals surface area contributed by atoms with Gasteiger partial charge in [0.05, 0.1) is 19.3 Å². The molecule has 140 valence electrons. The summed E-state index contributed by atoms with van der Waals surface area (Å²) >= 11 is 0. The molecule has 0 radical (unpaired) electrons. The number of benzene rings is 2. The van der Waals surface area contributed by atoms with Gasteiger partial charge in [-0.2, -0.15) is 0 Å². The van der Waals surface area contributed by atoms with Crippen molar-refractivity contribution in [2.45, 2.75) is 32.2 Å². The summed E-state index contributed by atoms with van der Waals surface area (Å²) < 4.78 is 11.1. The van der Waals surface area contributed by atoms with Crippen molar-refractivity contribution < 1.29 is 14.3 Å². The SMILES string of the molecule is CCOc1ccc(C2CCCN2C(=O)/C=C/c2ccc3c(c2)CCO3)cc1. The van der Waals surface area contributed by atoms with E-state index in [9.17, 15) is 4.79 Å². The second kappa shape index (κ2) is 7.87. The minimum absolute atomic E-state index is 0.0723. The quantitative estimate of drug-likeness (QED) is 0.739. The Balaban J connectivity index is 1.45. The highest BCUT2D eigenvalue weighted by molar-refractivity contribution is 5.92. The highest BCUT2D eigenvalue weighted by Crippen LogP contribution is 2.33. The fourth-order valence-electron chi connectivity index (χ4n) is 3.90. The Morgan fingerprint density at radius 1 is 1.26 bits per heavy atom. The summed E-state index contributed by atoms with van der Waals surface area (Å²) in [6, 6.07) is 14.4. The first-order chi connectivity index (χ1) is 13.2. The standard InChI is InChI=1S/C23H25NO3/c1-2-26-20-9-7-18(8-10-20)21-4-3-14-24(21)23(25)12-6-17-5-11-22-19(16-17)13-15-27-22/h5-12,16,21H,2-4,13-15H2,1H3/b12-6+. The van der Waals surface area contributed by atoms with E-state index in [-0.39, 0.29) is 11.9 Å². The molecule has 1 atom stereocenters. The molecule has 0 saturated carbocycles. The molecule has 1 fully saturated rings. The molecule has 4 nitrogen and oxygen atoms in total. The Labute approximate surface area is 160 Å². The minimum atomic E-state index is 0.0723. The second-order valence-electron chi connectivity index (χ2n) is 6.99. The van der Waals surface area contributed by atoms with Crippen molar-refractivity contribution in [2.75, 3.05) is 19.8 Å². The molecule has 1 saturated heterocycles. The van der Waals surface area contributed by atoms with E-state index < -0.39 is 0 Å². The monoisotopic (exact) mass is 363 g/mol. The Bertz CT molecular complexity index is 841. The summed E-state index contributed by atoms with van der Waals surface area (Å²) in [6.07, 6.45) is 6.59. The first-order valence-corrected chi connectivity index (χ1v) is 9.72. The first kappa shape index (κ1) is 17.7. The number of nitrogens with zero attached hydrogens (tertiary/aromatic N) is 1. The molecule has 2 heterocycles. The number of amides is 1. The number of hydrogen-bond donors (Lipinski definition) is 0. The van der Waals surface area contributed by atoms with Crippen molar-refractivity contribution in [3.8, 4) is 11.5 Å². The summed E-state index contributed by atoms with van der Waals surface area (Å²) in [5, 5.41) is 0. The number of hydrogen-bond acceptors (Lipinski definition) is 3. The van der Waals surface area contributed by atoms with Crippen LogP contribution in [0.15, 0.2) is 48.5 Å². The van der Waals surface area contributed by atoms with Crippen molar-refractivity contribution in [1.29, 1.82) is 0 Å². The lowest BCUT2D eigenvalue weighted by molar-refractivity contribution is -0.126. The van der Waals surface area contributed by atoms with Crippen molar-refractivity contribution in [3.05, 3.63) is 65.2 Å². The maximum atomic E-state index is 12.8. The van der Waals surface area contributed by atoms with Crippen molar-refractivity contribution in [3.63, 3.8) is 0 Å². The lowest BCUT2D eigenvalue weighted by Gasteiger charge is -2.24. The second-order valence-corrected chi connectivity index (χ2v) is 6.99. The van der Waals surface area contributed by atoms with Gasteiger partial charge in [0.2, 0.25) is 5.91 Å². The van der Waals surface area contributed by atoms with Crippen molar-refractivity contribution in [1.82, 2.24) is 4.90 Å². The number of likely N-dealkylation sites (tertiary alicyclic amines) is 1. The molecule has 0 N–H and O–H groups in total. The maximum Gasteiger partial charge on any atom is 0.247 e. The predicted octanol–water partition coefficient (Wildman–Crippen LogP) is 4.40. The number of ether oxygens (including phenoxy) is 2. The molecule has 0 bridgehead atoms. The maximum absolute atomic E-state index is 12.8. The molecule has 0 aliphatic carbocycles. The molecule has 0 aromatic heterocycles. The summed E-state index contributed by atoms with van der Waals surface area (Å²) in [4.78, 5) is 14.8. The van der Waals surface area contributed by atoms with Crippen molar-refractivity contribution >= 4 is 12.0 Å². The van der Waals surface area contributed by atoms with Gasteiger partial charge in [0.1, 0.15) is 11.5 Å². The predicted molar refractivity (Wildman–Crippen MR) is 106 cm³/mol. The van der Waals surface area contributed by atoms with E-state index in [1.807, 2.05) is 42.2 Å². The van der Waals surface area contributed by atoms with Crippen LogP contribution in [0.4, 0.5) is 0 Å². The number of fused-ring (bicyclic) bond motifs is 1. The third kappa shape index (κ3) is 3.85. The fourth-order valence-corrected chi connectivity index (χ4v) is 3.90. The van der Waals surface area contributed by atoms with Gasteiger partial charge in [0.25, 0.3) is 0 Å². The van der Waals surface area contributed by atoms with Gasteiger partial charge in [-0.1, -0.05) is 18.2 Å². The topological polar surface area (TPSA) is 38.8 Å². The lowest BCUT2D eigenvalue weighted by atomic mass is 10.0. The van der Waals surface area contributed by atoms with E-state index in [4.69, 9.17) is 9.47 Å². The Hall–Kier alpha value is -2.75. The number of carbonyl (C=O) groups excluding carboxylic acids is 1. The van der Waals surface area contributed by atoms with E-state index in [0.717, 1.165) is 49.5 Å². The molecule has 2 aromatic carbocycles. The molecule has 2 aromatic rings. The highest BCUT2D eigenvalue weighted by Gasteiger charge is 2.28. The molecule has 2 aliphatic rings. The van der Waals surface area contributed by atoms with Gasteiger partial charge >= 0.3 is 0 Å². The third-order valence-electron chi connectivity index (χ3n) is 5.24. The van der Waals surface area contributed by atoms with Crippen LogP contribution in [0, 0.1) is 0 Å². The van der Waals surface area contributed by atoms with Crippen LogP contribution in [0.1, 0.15) is 42.5 Å². The molecule has 1 unspecified atom stereocenters. The van der Waals surface area contributed by atoms with E-state index in [2.05, 4.69) is 18.2 Å². The van der Waals surface area contributed by atoms with Crippen LogP contribution in [-0.2, 0) is 11.2 Å². The molecular formula is C23H25NO3. The van der Waals surface area contributed by atoms with Gasteiger partial charge in [-0.3, -0.25) is 4.79 Å². The number of carbonyl (C=O) groups is 1. The van der Waals surface area contributed by atoms with Crippen molar-refractivity contribution in [2.24, 2.45) is 0 Å². The molecule has 4 heteroatoms. The zero-order valence-electron chi connectivity index (χ0n) is 15.7. The molecule has 1 amide bonds. The van der Waals surface area contributed by atoms with Crippen LogP contribution in [0.3, 0.4) is 0 Å². The molecule has 0 spiro atoms. The molecular weight excluding hydrogens is 338 g/mol. The zero-order chi connectivity index (χ0) is 18.6. The first-order valence-electron chi connectivity index (χ1n) is 9.72. The van der Waals surface area contributed by atoms with Crippen LogP contribution in [0.2, 0.25) is 0 Å². The van der Waals surface area contributed by atoms with Gasteiger partial charge < -0.3 is 14.4 Å². The van der Waals surface area contributed by atoms with Crippen LogP contribution in [-0.4, -0.2) is 30.6 Å². The van der Waals surface area contributed by atoms with Gasteiger partial charge in [0.15, 0.2) is 0 Å². The van der Waals surface area contributed by atoms with E-state index in [0.29, 0.717) is 6.61 Å². The van der Waals surface area contributed by atoms with Crippen LogP contribution in [0.25, 0.3) is 6.08 Å². The molecule has 27 heavy (non-hydrogen) atoms. The highest BCUT2D eigenvalue weighted by atomic mass is 16.5. The normalized spacial score (nSPS) is 18.6. The summed E-state index contributed by atoms with van der Waals surface area (Å²) in [5.41, 5.74) is 3.44. The largest absolute Gasteiger partial charge is 0.494 e. The Kier molecular flexibility index (Phi) is 5.14. The van der Waals surface area contributed by atoms with Gasteiger partial charge in [0, 0.05) is 19.0 Å². The van der Waals surface area contributed by atoms with Gasteiger partial charge in [-0.05, 0) is 66.8 Å². The van der Waals surface area contributed by atoms with Gasteiger partial charge in [-0.25, -0.2) is 0 Å². The minimum Gasteiger partial charge on any atom is -0.494 e. The van der Waals surface area contributed by atoms with E-state index in [1.54, 1.807) is 6.08 Å². The fraction of sp³-hybridized carbons (Fsp3) is 0.348. The Morgan fingerprint density at radius 2 is 2.11 bits per heavy atom. The Morgan fingerprint density at radius 3 is 2.93 bits per heavy atom. The van der Waals surface area contributed by atoms with Gasteiger partial charge in [-0.15, -0.1) is 0 Å². The zero-order valence-corrected chi connectivity index (χ0v) is 15.7. The summed E-state index contributed by atoms with van der Waals surface area (Å²) in [7, 11) is 0. The van der Waals surface area contributed by atoms with Crippen LogP contribution >= 0.6 is 0 Å². The molecule has 2 aliphatic heterocycles. The summed E-state index contributed by atoms with van der Waals surface area (Å²) in [6.45, 7) is 4.19. The lowest BCUT2D eigenvalue weighted by Crippen LogP contribution is -2.28. The number of rotatable bonds is 5.